The Morgan fingerprint density at radius 1 is 1.07 bits per heavy atom. The van der Waals surface area contributed by atoms with E-state index < -0.39 is 0 Å². The number of imide groups is 1. The quantitative estimate of drug-likeness (QED) is 0.715. The van der Waals surface area contributed by atoms with Crippen molar-refractivity contribution < 1.29 is 14.3 Å². The molecule has 0 radical (unpaired) electrons. The molecule has 1 fully saturated rings. The number of carbonyl (C=O) groups excluding carboxylic acids is 2. The number of hydrogen-bond acceptors (Lipinski definition) is 5. The highest BCUT2D eigenvalue weighted by Gasteiger charge is 2.42. The van der Waals surface area contributed by atoms with Gasteiger partial charge in [-0.2, -0.15) is 0 Å². The number of halogens is 2. The normalized spacial score (nSPS) is 17.6. The third-order valence-electron chi connectivity index (χ3n) is 4.73. The molecule has 3 heterocycles. The molecule has 1 saturated heterocycles. The fourth-order valence-corrected chi connectivity index (χ4v) is 3.90. The van der Waals surface area contributed by atoms with Gasteiger partial charge in [-0.1, -0.05) is 35.3 Å². The number of hydrogen-bond donors (Lipinski definition) is 0. The number of nitrogens with zero attached hydrogens (tertiary/aromatic N) is 3. The van der Waals surface area contributed by atoms with E-state index in [2.05, 4.69) is 4.98 Å². The Labute approximate surface area is 172 Å². The van der Waals surface area contributed by atoms with Gasteiger partial charge in [-0.3, -0.25) is 19.5 Å². The van der Waals surface area contributed by atoms with E-state index in [0.717, 1.165) is 5.56 Å². The summed E-state index contributed by atoms with van der Waals surface area (Å²) >= 11 is 12.4. The number of aromatic nitrogens is 1. The summed E-state index contributed by atoms with van der Waals surface area (Å²) in [5.74, 6) is -0.712. The molecule has 2 aliphatic heterocycles. The second-order valence-corrected chi connectivity index (χ2v) is 7.35. The number of benzene rings is 1. The average molecular weight is 418 g/mol. The van der Waals surface area contributed by atoms with E-state index in [4.69, 9.17) is 27.9 Å². The monoisotopic (exact) mass is 417 g/mol. The molecule has 1 aromatic heterocycles. The summed E-state index contributed by atoms with van der Waals surface area (Å²) in [4.78, 5) is 33.7. The van der Waals surface area contributed by atoms with Crippen molar-refractivity contribution in [3.63, 3.8) is 0 Å². The van der Waals surface area contributed by atoms with E-state index in [0.29, 0.717) is 53.2 Å². The zero-order valence-electron chi connectivity index (χ0n) is 14.9. The molecule has 2 amide bonds. The van der Waals surface area contributed by atoms with Crippen molar-refractivity contribution in [1.82, 2.24) is 14.8 Å². The molecule has 4 rings (SSSR count). The first-order valence-corrected chi connectivity index (χ1v) is 9.59. The molecule has 0 bridgehead atoms. The average Bonchev–Trinajstić information content (AvgIpc) is 2.94. The van der Waals surface area contributed by atoms with E-state index in [1.54, 1.807) is 36.7 Å². The van der Waals surface area contributed by atoms with Crippen LogP contribution in [0, 0.1) is 0 Å². The molecule has 8 heteroatoms. The van der Waals surface area contributed by atoms with Crippen LogP contribution < -0.4 is 0 Å². The summed E-state index contributed by atoms with van der Waals surface area (Å²) < 4.78 is 5.40. The molecule has 0 saturated carbocycles. The Morgan fingerprint density at radius 2 is 1.86 bits per heavy atom. The van der Waals surface area contributed by atoms with Gasteiger partial charge in [-0.25, -0.2) is 0 Å². The van der Waals surface area contributed by atoms with Gasteiger partial charge in [-0.05, 0) is 23.8 Å². The highest BCUT2D eigenvalue weighted by atomic mass is 35.5. The minimum atomic E-state index is -0.375. The SMILES string of the molecule is O=C1C(c2ccc(Cl)cc2Cl)=C(N2CCOCC2)C(=O)N1Cc1cccnc1. The summed E-state index contributed by atoms with van der Waals surface area (Å²) in [5, 5.41) is 0.795. The van der Waals surface area contributed by atoms with E-state index in [1.807, 2.05) is 11.0 Å². The van der Waals surface area contributed by atoms with E-state index in [1.165, 1.54) is 4.90 Å². The van der Waals surface area contributed by atoms with E-state index in [9.17, 15) is 9.59 Å². The molecule has 144 valence electrons. The first kappa shape index (κ1) is 18.9. The third kappa shape index (κ3) is 3.51. The molecular formula is C20H17Cl2N3O3. The summed E-state index contributed by atoms with van der Waals surface area (Å²) in [5.41, 5.74) is 1.94. The largest absolute Gasteiger partial charge is 0.378 e. The molecular weight excluding hydrogens is 401 g/mol. The van der Waals surface area contributed by atoms with Crippen LogP contribution in [0.3, 0.4) is 0 Å². The fourth-order valence-electron chi connectivity index (χ4n) is 3.40. The van der Waals surface area contributed by atoms with Gasteiger partial charge >= 0.3 is 0 Å². The van der Waals surface area contributed by atoms with Crippen LogP contribution in [0.2, 0.25) is 10.0 Å². The van der Waals surface area contributed by atoms with Crippen molar-refractivity contribution in [2.24, 2.45) is 0 Å². The molecule has 0 unspecified atom stereocenters. The van der Waals surface area contributed by atoms with Crippen molar-refractivity contribution in [2.45, 2.75) is 6.54 Å². The van der Waals surface area contributed by atoms with Gasteiger partial charge < -0.3 is 9.64 Å². The van der Waals surface area contributed by atoms with Crippen LogP contribution in [0.4, 0.5) is 0 Å². The number of morpholine rings is 1. The van der Waals surface area contributed by atoms with Gasteiger partial charge in [0.25, 0.3) is 11.8 Å². The predicted octanol–water partition coefficient (Wildman–Crippen LogP) is 3.00. The number of carbonyl (C=O) groups is 2. The van der Waals surface area contributed by atoms with Crippen molar-refractivity contribution >= 4 is 40.6 Å². The lowest BCUT2D eigenvalue weighted by atomic mass is 10.0. The van der Waals surface area contributed by atoms with Crippen molar-refractivity contribution in [3.05, 3.63) is 69.6 Å². The smallest absolute Gasteiger partial charge is 0.278 e. The molecule has 2 aromatic rings. The molecule has 28 heavy (non-hydrogen) atoms. The van der Waals surface area contributed by atoms with E-state index >= 15 is 0 Å². The minimum Gasteiger partial charge on any atom is -0.378 e. The summed E-state index contributed by atoms with van der Waals surface area (Å²) in [6.45, 7) is 2.20. The lowest BCUT2D eigenvalue weighted by molar-refractivity contribution is -0.138. The van der Waals surface area contributed by atoms with Crippen LogP contribution in [0.5, 0.6) is 0 Å². The highest BCUT2D eigenvalue weighted by molar-refractivity contribution is 6.41. The second-order valence-electron chi connectivity index (χ2n) is 6.50. The maximum Gasteiger partial charge on any atom is 0.278 e. The first-order valence-electron chi connectivity index (χ1n) is 8.84. The van der Waals surface area contributed by atoms with Gasteiger partial charge in [0.1, 0.15) is 5.70 Å². The van der Waals surface area contributed by atoms with E-state index in [-0.39, 0.29) is 18.4 Å². The number of ether oxygens (including phenoxy) is 1. The highest BCUT2D eigenvalue weighted by Crippen LogP contribution is 2.37. The molecule has 0 atom stereocenters. The molecule has 0 spiro atoms. The molecule has 0 N–H and O–H groups in total. The minimum absolute atomic E-state index is 0.147. The maximum absolute atomic E-state index is 13.3. The number of amides is 2. The molecule has 6 nitrogen and oxygen atoms in total. The number of pyridine rings is 1. The van der Waals surface area contributed by atoms with Gasteiger partial charge in [-0.15, -0.1) is 0 Å². The van der Waals surface area contributed by atoms with Crippen LogP contribution in [0.25, 0.3) is 5.57 Å². The van der Waals surface area contributed by atoms with Crippen molar-refractivity contribution in [1.29, 1.82) is 0 Å². The van der Waals surface area contributed by atoms with Crippen molar-refractivity contribution in [2.75, 3.05) is 26.3 Å². The van der Waals surface area contributed by atoms with Crippen molar-refractivity contribution in [3.8, 4) is 0 Å². The Balaban J connectivity index is 1.78. The molecule has 2 aliphatic rings. The Kier molecular flexibility index (Phi) is 5.35. The van der Waals surface area contributed by atoms with Crippen LogP contribution in [-0.2, 0) is 20.9 Å². The molecule has 1 aromatic carbocycles. The summed E-state index contributed by atoms with van der Waals surface area (Å²) in [6.07, 6.45) is 3.29. The summed E-state index contributed by atoms with van der Waals surface area (Å²) in [7, 11) is 0. The third-order valence-corrected chi connectivity index (χ3v) is 5.28. The number of rotatable bonds is 4. The second kappa shape index (κ2) is 7.91. The predicted molar refractivity (Wildman–Crippen MR) is 106 cm³/mol. The zero-order valence-corrected chi connectivity index (χ0v) is 16.4. The standard InChI is InChI=1S/C20H17Cl2N3O3/c21-14-3-4-15(16(22)10-14)17-18(24-6-8-28-9-7-24)20(27)25(19(17)26)12-13-2-1-5-23-11-13/h1-5,10-11H,6-9,12H2. The topological polar surface area (TPSA) is 62.7 Å². The first-order chi connectivity index (χ1) is 13.6. The Morgan fingerprint density at radius 3 is 2.54 bits per heavy atom. The lowest BCUT2D eigenvalue weighted by Crippen LogP contribution is -2.40. The molecule has 0 aliphatic carbocycles. The van der Waals surface area contributed by atoms with Crippen LogP contribution >= 0.6 is 23.2 Å². The van der Waals surface area contributed by atoms with Gasteiger partial charge in [0.05, 0.1) is 30.4 Å². The van der Waals surface area contributed by atoms with Gasteiger partial charge in [0.15, 0.2) is 0 Å². The Hall–Kier alpha value is -2.41. The van der Waals surface area contributed by atoms with Crippen LogP contribution in [0.1, 0.15) is 11.1 Å². The van der Waals surface area contributed by atoms with Gasteiger partial charge in [0.2, 0.25) is 0 Å². The maximum atomic E-state index is 13.3. The zero-order chi connectivity index (χ0) is 19.7. The summed E-state index contributed by atoms with van der Waals surface area (Å²) in [6, 6.07) is 8.51. The fraction of sp³-hybridized carbons (Fsp3) is 0.250. The van der Waals surface area contributed by atoms with Crippen LogP contribution in [0.15, 0.2) is 48.4 Å². The Bertz CT molecular complexity index is 956. The van der Waals surface area contributed by atoms with Gasteiger partial charge in [0, 0.05) is 36.1 Å². The lowest BCUT2D eigenvalue weighted by Gasteiger charge is -2.29. The van der Waals surface area contributed by atoms with Crippen LogP contribution in [-0.4, -0.2) is 52.9 Å².